The molecule has 154 valence electrons. The first-order chi connectivity index (χ1) is 14.6. The van der Waals surface area contributed by atoms with Crippen LogP contribution >= 0.6 is 0 Å². The highest BCUT2D eigenvalue weighted by molar-refractivity contribution is 6.07. The van der Waals surface area contributed by atoms with Crippen molar-refractivity contribution in [3.8, 4) is 11.1 Å². The van der Waals surface area contributed by atoms with Gasteiger partial charge in [-0.2, -0.15) is 0 Å². The van der Waals surface area contributed by atoms with Crippen LogP contribution in [0.4, 0.5) is 0 Å². The number of nitrogens with two attached hydrogens (primary N) is 1. The summed E-state index contributed by atoms with van der Waals surface area (Å²) in [5, 5.41) is 0.926. The Balaban J connectivity index is 1.81. The topological polar surface area (TPSA) is 86.7 Å². The number of likely N-dealkylation sites (tertiary alicyclic amines) is 1. The van der Waals surface area contributed by atoms with E-state index in [1.165, 1.54) is 12.0 Å². The van der Waals surface area contributed by atoms with Crippen molar-refractivity contribution in [3.63, 3.8) is 0 Å². The lowest BCUT2D eigenvalue weighted by molar-refractivity contribution is -0.919. The molecule has 0 unspecified atom stereocenters. The van der Waals surface area contributed by atoms with E-state index in [4.69, 9.17) is 15.5 Å². The predicted octanol–water partition coefficient (Wildman–Crippen LogP) is 1.97. The third kappa shape index (κ3) is 3.91. The van der Waals surface area contributed by atoms with Crippen molar-refractivity contribution in [2.24, 2.45) is 11.7 Å². The van der Waals surface area contributed by atoms with Crippen molar-refractivity contribution in [1.29, 1.82) is 0 Å². The Hall–Kier alpha value is -3.25. The van der Waals surface area contributed by atoms with Crippen molar-refractivity contribution in [2.45, 2.75) is 19.4 Å². The van der Waals surface area contributed by atoms with Crippen molar-refractivity contribution in [3.05, 3.63) is 65.9 Å². The lowest BCUT2D eigenvalue weighted by atomic mass is 9.93. The number of esters is 1. The third-order valence-corrected chi connectivity index (χ3v) is 5.93. The second-order valence-electron chi connectivity index (χ2n) is 7.79. The number of nitrogens with zero attached hydrogens (tertiary/aromatic N) is 1. The van der Waals surface area contributed by atoms with Gasteiger partial charge in [-0.25, -0.2) is 9.78 Å². The molecule has 1 aliphatic heterocycles. The normalized spacial score (nSPS) is 18.8. The average molecular weight is 404 g/mol. The van der Waals surface area contributed by atoms with E-state index in [0.717, 1.165) is 53.7 Å². The quantitative estimate of drug-likeness (QED) is 0.637. The smallest absolute Gasteiger partial charge is 0.340 e. The van der Waals surface area contributed by atoms with Crippen LogP contribution in [0.2, 0.25) is 0 Å². The zero-order valence-corrected chi connectivity index (χ0v) is 17.1. The highest BCUT2D eigenvalue weighted by atomic mass is 16.5. The number of nitrogens with one attached hydrogen (secondary N) is 1. The number of para-hydroxylation sites is 1. The summed E-state index contributed by atoms with van der Waals surface area (Å²) in [4.78, 5) is 30.6. The molecule has 3 N–H and O–H groups in total. The summed E-state index contributed by atoms with van der Waals surface area (Å²) in [6, 6.07) is 17.8. The van der Waals surface area contributed by atoms with E-state index in [2.05, 4.69) is 0 Å². The monoisotopic (exact) mass is 404 g/mol. The third-order valence-electron chi connectivity index (χ3n) is 5.93. The summed E-state index contributed by atoms with van der Waals surface area (Å²) in [5.74, 6) is -0.661. The first-order valence-electron chi connectivity index (χ1n) is 10.3. The number of pyridine rings is 1. The molecule has 1 aromatic heterocycles. The largest absolute Gasteiger partial charge is 0.465 e. The molecular formula is C24H26N3O3+. The number of hydrogen-bond acceptors (Lipinski definition) is 4. The molecule has 1 aliphatic rings. The first-order valence-corrected chi connectivity index (χ1v) is 10.3. The number of ether oxygens (including phenoxy) is 1. The molecule has 30 heavy (non-hydrogen) atoms. The van der Waals surface area contributed by atoms with Crippen LogP contribution < -0.4 is 10.6 Å². The zero-order chi connectivity index (χ0) is 21.1. The van der Waals surface area contributed by atoms with Gasteiger partial charge in [0.05, 0.1) is 31.3 Å². The number of rotatable bonds is 5. The summed E-state index contributed by atoms with van der Waals surface area (Å²) in [7, 11) is 1.40. The highest BCUT2D eigenvalue weighted by Gasteiger charge is 2.29. The molecule has 1 amide bonds. The summed E-state index contributed by atoms with van der Waals surface area (Å²) in [6.45, 7) is 2.24. The highest BCUT2D eigenvalue weighted by Crippen LogP contribution is 2.33. The minimum absolute atomic E-state index is 0.0572. The zero-order valence-electron chi connectivity index (χ0n) is 17.1. The molecule has 0 saturated carbocycles. The molecule has 1 fully saturated rings. The number of aromatic nitrogens is 1. The number of amides is 1. The molecule has 3 aromatic rings. The van der Waals surface area contributed by atoms with E-state index in [0.29, 0.717) is 12.1 Å². The Labute approximate surface area is 175 Å². The van der Waals surface area contributed by atoms with Gasteiger partial charge in [-0.1, -0.05) is 48.5 Å². The van der Waals surface area contributed by atoms with Crippen LogP contribution in [-0.4, -0.2) is 37.1 Å². The number of hydrogen-bond donors (Lipinski definition) is 2. The Morgan fingerprint density at radius 2 is 1.73 bits per heavy atom. The van der Waals surface area contributed by atoms with E-state index < -0.39 is 0 Å². The molecule has 2 heterocycles. The molecule has 6 heteroatoms. The molecule has 0 atom stereocenters. The number of primary amides is 1. The van der Waals surface area contributed by atoms with Gasteiger partial charge in [0.1, 0.15) is 12.2 Å². The fourth-order valence-corrected chi connectivity index (χ4v) is 4.34. The van der Waals surface area contributed by atoms with Gasteiger partial charge >= 0.3 is 5.97 Å². The van der Waals surface area contributed by atoms with Gasteiger partial charge in [0.15, 0.2) is 0 Å². The number of carbonyl (C=O) groups is 2. The summed E-state index contributed by atoms with van der Waals surface area (Å²) in [5.41, 5.74) is 9.39. The van der Waals surface area contributed by atoms with Gasteiger partial charge in [-0.15, -0.1) is 0 Å². The van der Waals surface area contributed by atoms with Crippen LogP contribution in [0.5, 0.6) is 0 Å². The second kappa shape index (κ2) is 8.63. The number of fused-ring (bicyclic) bond motifs is 1. The number of quaternary nitrogens is 1. The summed E-state index contributed by atoms with van der Waals surface area (Å²) in [6.07, 6.45) is 1.52. The standard InChI is InChI=1S/C24H25N3O3/c1-30-24(29)22-20(15-27-13-11-17(12-14-27)23(25)28)26-19-10-6-5-9-18(19)21(22)16-7-3-2-4-8-16/h2-10,17H,11-15H2,1H3,(H2,25,28)/p+1. The molecule has 1 saturated heterocycles. The van der Waals surface area contributed by atoms with E-state index in [-0.39, 0.29) is 17.8 Å². The molecule has 0 spiro atoms. The molecular weight excluding hydrogens is 378 g/mol. The van der Waals surface area contributed by atoms with Crippen molar-refractivity contribution in [2.75, 3.05) is 20.2 Å². The van der Waals surface area contributed by atoms with Crippen LogP contribution in [0.25, 0.3) is 22.0 Å². The minimum Gasteiger partial charge on any atom is -0.465 e. The lowest BCUT2D eigenvalue weighted by Gasteiger charge is -2.28. The fourth-order valence-electron chi connectivity index (χ4n) is 4.34. The summed E-state index contributed by atoms with van der Waals surface area (Å²) >= 11 is 0. The molecule has 0 aliphatic carbocycles. The maximum absolute atomic E-state index is 12.9. The van der Waals surface area contributed by atoms with Crippen LogP contribution in [0.15, 0.2) is 54.6 Å². The van der Waals surface area contributed by atoms with Crippen molar-refractivity contribution < 1.29 is 19.2 Å². The van der Waals surface area contributed by atoms with Crippen LogP contribution in [0.3, 0.4) is 0 Å². The average Bonchev–Trinajstić information content (AvgIpc) is 2.78. The van der Waals surface area contributed by atoms with Gasteiger partial charge in [-0.3, -0.25) is 4.79 Å². The summed E-state index contributed by atoms with van der Waals surface area (Å²) < 4.78 is 5.18. The molecule has 4 rings (SSSR count). The molecule has 2 aromatic carbocycles. The number of carbonyl (C=O) groups excluding carboxylic acids is 2. The van der Waals surface area contributed by atoms with Gasteiger partial charge in [0.25, 0.3) is 0 Å². The number of piperidine rings is 1. The number of methoxy groups -OCH3 is 1. The fraction of sp³-hybridized carbons (Fsp3) is 0.292. The molecule has 6 nitrogen and oxygen atoms in total. The van der Waals surface area contributed by atoms with Gasteiger partial charge in [0, 0.05) is 29.7 Å². The van der Waals surface area contributed by atoms with Crippen molar-refractivity contribution in [1.82, 2.24) is 4.98 Å². The molecule has 0 bridgehead atoms. The second-order valence-corrected chi connectivity index (χ2v) is 7.79. The van der Waals surface area contributed by atoms with Crippen LogP contribution in [0.1, 0.15) is 28.9 Å². The minimum atomic E-state index is -0.381. The number of benzene rings is 2. The maximum Gasteiger partial charge on any atom is 0.340 e. The van der Waals surface area contributed by atoms with Crippen molar-refractivity contribution >= 4 is 22.8 Å². The van der Waals surface area contributed by atoms with Crippen LogP contribution in [0, 0.1) is 5.92 Å². The van der Waals surface area contributed by atoms with E-state index in [1.54, 1.807) is 0 Å². The van der Waals surface area contributed by atoms with E-state index in [9.17, 15) is 9.59 Å². The Bertz CT molecular complexity index is 1070. The maximum atomic E-state index is 12.9. The lowest BCUT2D eigenvalue weighted by Crippen LogP contribution is -3.12. The first kappa shape index (κ1) is 20.0. The Kier molecular flexibility index (Phi) is 5.77. The Morgan fingerprint density at radius 3 is 2.40 bits per heavy atom. The van der Waals surface area contributed by atoms with Gasteiger partial charge in [-0.05, 0) is 11.6 Å². The van der Waals surface area contributed by atoms with Gasteiger partial charge < -0.3 is 15.4 Å². The molecule has 0 radical (unpaired) electrons. The predicted molar refractivity (Wildman–Crippen MR) is 115 cm³/mol. The van der Waals surface area contributed by atoms with Crippen LogP contribution in [-0.2, 0) is 16.1 Å². The van der Waals surface area contributed by atoms with E-state index >= 15 is 0 Å². The Morgan fingerprint density at radius 1 is 1.07 bits per heavy atom. The van der Waals surface area contributed by atoms with E-state index in [1.807, 2.05) is 54.6 Å². The SMILES string of the molecule is COC(=O)c1c(C[NH+]2CCC(C(N)=O)CC2)nc2ccccc2c1-c1ccccc1. The van der Waals surface area contributed by atoms with Gasteiger partial charge in [0.2, 0.25) is 5.91 Å².